The van der Waals surface area contributed by atoms with Crippen molar-refractivity contribution in [2.45, 2.75) is 96.4 Å². The lowest BCUT2D eigenvalue weighted by Gasteiger charge is -2.62. The average molecular weight is 534 g/mol. The Balaban J connectivity index is 1.48. The lowest BCUT2D eigenvalue weighted by atomic mass is 9.44. The van der Waals surface area contributed by atoms with Crippen LogP contribution in [0.4, 0.5) is 4.39 Å². The summed E-state index contributed by atoms with van der Waals surface area (Å²) in [7, 11) is 0. The number of unbranched alkanes of at least 4 members (excludes halogenated alkanes) is 3. The largest absolute Gasteiger partial charge is 0.457 e. The first kappa shape index (κ1) is 29.1. The predicted octanol–water partition coefficient (Wildman–Crippen LogP) is 3.62. The molecule has 3 fully saturated rings. The van der Waals surface area contributed by atoms with E-state index in [9.17, 15) is 24.6 Å². The number of rotatable bonds is 10. The number of halogens is 1. The molecular weight excluding hydrogens is 489 g/mol. The Hall–Kier alpha value is -1.90. The number of fused-ring (bicyclic) bond motifs is 5. The molecule has 212 valence electrons. The summed E-state index contributed by atoms with van der Waals surface area (Å²) in [5.41, 5.74) is -5.41. The molecule has 0 aliphatic heterocycles. The number of hydrogen-bond donors (Lipinski definition) is 3. The van der Waals surface area contributed by atoms with Crippen molar-refractivity contribution in [2.24, 2.45) is 28.6 Å². The third-order valence-corrected chi connectivity index (χ3v) is 10.5. The van der Waals surface area contributed by atoms with Crippen molar-refractivity contribution in [1.29, 1.82) is 0 Å². The molecule has 0 bridgehead atoms. The molecule has 4 aliphatic carbocycles. The number of carbonyl (C=O) groups is 3. The molecule has 0 heterocycles. The maximum atomic E-state index is 17.2. The van der Waals surface area contributed by atoms with Gasteiger partial charge in [0.15, 0.2) is 18.1 Å². The number of alkyl halides is 1. The van der Waals surface area contributed by atoms with Crippen LogP contribution >= 0.6 is 0 Å². The van der Waals surface area contributed by atoms with E-state index in [0.717, 1.165) is 25.7 Å². The number of nitrogens with one attached hydrogen (secondary N) is 1. The van der Waals surface area contributed by atoms with Crippen molar-refractivity contribution in [3.63, 3.8) is 0 Å². The molecule has 38 heavy (non-hydrogen) atoms. The second-order valence-corrected chi connectivity index (χ2v) is 12.5. The summed E-state index contributed by atoms with van der Waals surface area (Å²) in [5, 5.41) is 26.4. The van der Waals surface area contributed by atoms with Crippen LogP contribution in [0.25, 0.3) is 0 Å². The Kier molecular flexibility index (Phi) is 8.10. The molecule has 0 aromatic rings. The number of hydrogen-bond acceptors (Lipinski definition) is 7. The van der Waals surface area contributed by atoms with E-state index in [0.29, 0.717) is 31.4 Å². The summed E-state index contributed by atoms with van der Waals surface area (Å²) in [5.74, 6) is -2.79. The van der Waals surface area contributed by atoms with Gasteiger partial charge in [-0.05, 0) is 69.6 Å². The first-order chi connectivity index (χ1) is 17.9. The van der Waals surface area contributed by atoms with Gasteiger partial charge >= 0.3 is 5.97 Å². The normalized spacial score (nSPS) is 41.7. The molecule has 3 N–H and O–H groups in total. The topological polar surface area (TPSA) is 113 Å². The second kappa shape index (κ2) is 10.6. The minimum absolute atomic E-state index is 0.0110. The van der Waals surface area contributed by atoms with Crippen LogP contribution in [0.2, 0.25) is 0 Å². The number of ketones is 2. The van der Waals surface area contributed by atoms with Crippen molar-refractivity contribution in [2.75, 3.05) is 19.7 Å². The zero-order chi connectivity index (χ0) is 27.9. The van der Waals surface area contributed by atoms with Crippen LogP contribution in [0.5, 0.6) is 0 Å². The van der Waals surface area contributed by atoms with E-state index in [1.807, 2.05) is 0 Å². The highest BCUT2D eigenvalue weighted by atomic mass is 19.1. The number of esters is 1. The quantitative estimate of drug-likeness (QED) is 0.290. The van der Waals surface area contributed by atoms with E-state index in [-0.39, 0.29) is 24.7 Å². The van der Waals surface area contributed by atoms with Gasteiger partial charge in [-0.2, -0.15) is 0 Å². The van der Waals surface area contributed by atoms with E-state index in [1.54, 1.807) is 26.8 Å². The van der Waals surface area contributed by atoms with E-state index in [2.05, 4.69) is 12.2 Å². The lowest BCUT2D eigenvalue weighted by molar-refractivity contribution is -0.219. The second-order valence-electron chi connectivity index (χ2n) is 12.5. The Morgan fingerprint density at radius 2 is 1.95 bits per heavy atom. The molecule has 8 heteroatoms. The number of carbonyl (C=O) groups excluding carboxylic acids is 3. The summed E-state index contributed by atoms with van der Waals surface area (Å²) in [6.45, 7) is 7.54. The number of aliphatic hydroxyl groups is 2. The van der Waals surface area contributed by atoms with E-state index >= 15 is 4.39 Å². The minimum Gasteiger partial charge on any atom is -0.457 e. The molecule has 4 rings (SSSR count). The predicted molar refractivity (Wildman–Crippen MR) is 141 cm³/mol. The zero-order valence-corrected chi connectivity index (χ0v) is 23.2. The molecule has 0 spiro atoms. The van der Waals surface area contributed by atoms with Crippen LogP contribution in [-0.2, 0) is 19.1 Å². The van der Waals surface area contributed by atoms with Gasteiger partial charge in [0, 0.05) is 16.7 Å². The number of allylic oxidation sites excluding steroid dienone is 4. The zero-order valence-electron chi connectivity index (χ0n) is 23.2. The maximum absolute atomic E-state index is 17.2. The van der Waals surface area contributed by atoms with Crippen molar-refractivity contribution in [3.05, 3.63) is 23.8 Å². The molecule has 3 saturated carbocycles. The van der Waals surface area contributed by atoms with Crippen molar-refractivity contribution >= 4 is 17.5 Å². The summed E-state index contributed by atoms with van der Waals surface area (Å²) in [6.07, 6.45) is 8.59. The molecule has 0 saturated heterocycles. The summed E-state index contributed by atoms with van der Waals surface area (Å²) in [4.78, 5) is 37.7. The lowest BCUT2D eigenvalue weighted by Crippen LogP contribution is -2.69. The van der Waals surface area contributed by atoms with E-state index in [4.69, 9.17) is 4.74 Å². The fourth-order valence-electron chi connectivity index (χ4n) is 8.31. The van der Waals surface area contributed by atoms with Crippen LogP contribution < -0.4 is 5.32 Å². The third-order valence-electron chi connectivity index (χ3n) is 10.5. The first-order valence-electron chi connectivity index (χ1n) is 14.3. The van der Waals surface area contributed by atoms with Crippen molar-refractivity contribution in [1.82, 2.24) is 5.32 Å². The van der Waals surface area contributed by atoms with E-state index in [1.165, 1.54) is 12.2 Å². The SMILES string of the molecule is CCCCCCNCC(=O)OCC(=O)[C@@]1(O)[C@H](C)C[C@H]2[C@@H]3CCC4=CC(=O)C=C[C@]4(C)[C@@]3(F)[C@@H](O)C[C@@]21C. The van der Waals surface area contributed by atoms with Gasteiger partial charge in [0.2, 0.25) is 5.78 Å². The highest BCUT2D eigenvalue weighted by Gasteiger charge is 2.75. The summed E-state index contributed by atoms with van der Waals surface area (Å²) in [6, 6.07) is 0. The fourth-order valence-corrected chi connectivity index (χ4v) is 8.31. The minimum atomic E-state index is -2.03. The number of aliphatic hydroxyl groups excluding tert-OH is 1. The van der Waals surface area contributed by atoms with Crippen LogP contribution in [0, 0.1) is 28.6 Å². The van der Waals surface area contributed by atoms with Gasteiger partial charge in [-0.1, -0.05) is 51.7 Å². The van der Waals surface area contributed by atoms with Crippen LogP contribution in [0.1, 0.15) is 79.1 Å². The van der Waals surface area contributed by atoms with Crippen LogP contribution in [-0.4, -0.2) is 64.8 Å². The Morgan fingerprint density at radius 3 is 2.66 bits per heavy atom. The third kappa shape index (κ3) is 4.31. The molecule has 0 aromatic heterocycles. The number of Topliss-reactive ketones (excluding diaryl/α,β-unsaturated/α-hetero) is 1. The molecule has 0 radical (unpaired) electrons. The molecule has 4 aliphatic rings. The molecule has 0 unspecified atom stereocenters. The molecule has 8 atom stereocenters. The van der Waals surface area contributed by atoms with E-state index < -0.39 is 58.4 Å². The van der Waals surface area contributed by atoms with Gasteiger partial charge in [-0.3, -0.25) is 14.4 Å². The van der Waals surface area contributed by atoms with Gasteiger partial charge < -0.3 is 20.3 Å². The van der Waals surface area contributed by atoms with Gasteiger partial charge in [-0.25, -0.2) is 4.39 Å². The first-order valence-corrected chi connectivity index (χ1v) is 14.3. The van der Waals surface area contributed by atoms with Gasteiger partial charge in [0.05, 0.1) is 12.6 Å². The highest BCUT2D eigenvalue weighted by Crippen LogP contribution is 2.70. The highest BCUT2D eigenvalue weighted by molar-refractivity contribution is 6.01. The van der Waals surface area contributed by atoms with Gasteiger partial charge in [0.25, 0.3) is 0 Å². The molecule has 7 nitrogen and oxygen atoms in total. The molecular formula is C30H44FNO6. The Bertz CT molecular complexity index is 1030. The van der Waals surface area contributed by atoms with Gasteiger partial charge in [0.1, 0.15) is 5.60 Å². The molecule has 0 aromatic carbocycles. The molecule has 0 amide bonds. The summed E-state index contributed by atoms with van der Waals surface area (Å²) >= 11 is 0. The smallest absolute Gasteiger partial charge is 0.320 e. The van der Waals surface area contributed by atoms with Crippen molar-refractivity contribution in [3.8, 4) is 0 Å². The maximum Gasteiger partial charge on any atom is 0.320 e. The Labute approximate surface area is 225 Å². The van der Waals surface area contributed by atoms with Crippen LogP contribution in [0.15, 0.2) is 23.8 Å². The fraction of sp³-hybridized carbons (Fsp3) is 0.767. The summed E-state index contributed by atoms with van der Waals surface area (Å²) < 4.78 is 22.5. The average Bonchev–Trinajstić information content (AvgIpc) is 3.07. The Morgan fingerprint density at radius 1 is 1.21 bits per heavy atom. The van der Waals surface area contributed by atoms with Crippen LogP contribution in [0.3, 0.4) is 0 Å². The standard InChI is InChI=1S/C30H44FNO6/c1-5-6-7-8-13-32-17-26(36)38-18-25(35)30(37)19(2)14-23-22-10-9-20-15-21(33)11-12-27(20,3)29(22,31)24(34)16-28(23,30)4/h11-12,15,19,22-24,32,34,37H,5-10,13-14,16-18H2,1-4H3/t19-,22+,23+,24+,27+,28+,29+,30+/m1/s1. The van der Waals surface area contributed by atoms with Crippen molar-refractivity contribution < 1.29 is 33.7 Å². The number of ether oxygens (including phenoxy) is 1. The monoisotopic (exact) mass is 533 g/mol. The van der Waals surface area contributed by atoms with Gasteiger partial charge in [-0.15, -0.1) is 0 Å².